The van der Waals surface area contributed by atoms with E-state index in [0.717, 1.165) is 22.4 Å². The lowest BCUT2D eigenvalue weighted by atomic mass is 10.2. The molecule has 3 aromatic rings. The molecule has 0 saturated carbocycles. The van der Waals surface area contributed by atoms with Crippen molar-refractivity contribution in [2.45, 2.75) is 13.5 Å². The fraction of sp³-hybridized carbons (Fsp3) is 0.130. The number of nitrogens with zero attached hydrogens (tertiary/aromatic N) is 1. The van der Waals surface area contributed by atoms with Crippen LogP contribution in [0.4, 0.5) is 0 Å². The van der Waals surface area contributed by atoms with Crippen LogP contribution in [0.2, 0.25) is 5.02 Å². The summed E-state index contributed by atoms with van der Waals surface area (Å²) in [5.41, 5.74) is 5.30. The van der Waals surface area contributed by atoms with Crippen LogP contribution in [0.5, 0.6) is 11.5 Å². The summed E-state index contributed by atoms with van der Waals surface area (Å²) < 4.78 is 11.2. The van der Waals surface area contributed by atoms with Crippen molar-refractivity contribution in [3.63, 3.8) is 0 Å². The molecule has 0 aromatic heterocycles. The number of para-hydroxylation sites is 1. The number of hydrogen-bond acceptors (Lipinski definition) is 4. The highest BCUT2D eigenvalue weighted by molar-refractivity contribution is 6.30. The maximum atomic E-state index is 11.8. The number of carbonyl (C=O) groups is 1. The number of nitrogens with one attached hydrogen (secondary N) is 1. The number of halogens is 1. The summed E-state index contributed by atoms with van der Waals surface area (Å²) in [7, 11) is 0. The van der Waals surface area contributed by atoms with Crippen LogP contribution in [0.3, 0.4) is 0 Å². The van der Waals surface area contributed by atoms with E-state index in [1.54, 1.807) is 6.21 Å². The van der Waals surface area contributed by atoms with Gasteiger partial charge in [-0.1, -0.05) is 41.9 Å². The van der Waals surface area contributed by atoms with Crippen molar-refractivity contribution in [2.24, 2.45) is 5.10 Å². The van der Waals surface area contributed by atoms with E-state index in [0.29, 0.717) is 17.4 Å². The van der Waals surface area contributed by atoms with Crippen LogP contribution >= 0.6 is 11.6 Å². The van der Waals surface area contributed by atoms with Gasteiger partial charge in [0.2, 0.25) is 0 Å². The Morgan fingerprint density at radius 2 is 1.72 bits per heavy atom. The summed E-state index contributed by atoms with van der Waals surface area (Å²) in [6.45, 7) is 2.29. The second-order valence-corrected chi connectivity index (χ2v) is 6.77. The molecule has 148 valence electrons. The van der Waals surface area contributed by atoms with Crippen LogP contribution in [-0.2, 0) is 11.4 Å². The predicted molar refractivity (Wildman–Crippen MR) is 115 cm³/mol. The maximum Gasteiger partial charge on any atom is 0.277 e. The zero-order valence-corrected chi connectivity index (χ0v) is 16.7. The molecule has 29 heavy (non-hydrogen) atoms. The molecule has 3 rings (SSSR count). The van der Waals surface area contributed by atoms with Crippen molar-refractivity contribution in [3.8, 4) is 11.5 Å². The molecule has 6 heteroatoms. The van der Waals surface area contributed by atoms with Crippen LogP contribution in [-0.4, -0.2) is 18.7 Å². The van der Waals surface area contributed by atoms with E-state index < -0.39 is 0 Å². The number of ether oxygens (including phenoxy) is 2. The summed E-state index contributed by atoms with van der Waals surface area (Å²) in [5, 5.41) is 4.65. The third-order valence-electron chi connectivity index (χ3n) is 4.05. The largest absolute Gasteiger partial charge is 0.489 e. The molecule has 5 nitrogen and oxygen atoms in total. The van der Waals surface area contributed by atoms with Gasteiger partial charge >= 0.3 is 0 Å². The van der Waals surface area contributed by atoms with Crippen molar-refractivity contribution in [1.82, 2.24) is 5.43 Å². The van der Waals surface area contributed by atoms with E-state index >= 15 is 0 Å². The van der Waals surface area contributed by atoms with Gasteiger partial charge in [0.1, 0.15) is 18.1 Å². The number of hydrogen-bond donors (Lipinski definition) is 1. The van der Waals surface area contributed by atoms with Crippen molar-refractivity contribution in [3.05, 3.63) is 94.5 Å². The lowest BCUT2D eigenvalue weighted by molar-refractivity contribution is -0.123. The Kier molecular flexibility index (Phi) is 7.25. The topological polar surface area (TPSA) is 59.9 Å². The van der Waals surface area contributed by atoms with Gasteiger partial charge in [-0.3, -0.25) is 4.79 Å². The monoisotopic (exact) mass is 408 g/mol. The lowest BCUT2D eigenvalue weighted by Gasteiger charge is -2.07. The molecule has 0 radical (unpaired) electrons. The highest BCUT2D eigenvalue weighted by atomic mass is 35.5. The molecule has 0 aliphatic carbocycles. The highest BCUT2D eigenvalue weighted by Gasteiger charge is 2.03. The summed E-state index contributed by atoms with van der Waals surface area (Å²) in [4.78, 5) is 11.8. The minimum absolute atomic E-state index is 0.0976. The summed E-state index contributed by atoms with van der Waals surface area (Å²) in [6.07, 6.45) is 1.56. The number of benzene rings is 3. The van der Waals surface area contributed by atoms with Crippen molar-refractivity contribution < 1.29 is 14.3 Å². The first-order chi connectivity index (χ1) is 14.1. The summed E-state index contributed by atoms with van der Waals surface area (Å²) in [6, 6.07) is 22.5. The number of hydrazone groups is 1. The Hall–Kier alpha value is -3.31. The minimum atomic E-state index is -0.326. The van der Waals surface area contributed by atoms with Gasteiger partial charge in [0.15, 0.2) is 6.61 Å². The molecular formula is C23H21ClN2O3. The van der Waals surface area contributed by atoms with Gasteiger partial charge in [-0.2, -0.15) is 5.10 Å². The normalized spacial score (nSPS) is 10.7. The molecule has 0 aliphatic rings. The third kappa shape index (κ3) is 6.66. The second kappa shape index (κ2) is 10.3. The average molecular weight is 409 g/mol. The van der Waals surface area contributed by atoms with E-state index in [9.17, 15) is 4.79 Å². The minimum Gasteiger partial charge on any atom is -0.489 e. The van der Waals surface area contributed by atoms with Crippen molar-refractivity contribution >= 4 is 23.7 Å². The molecule has 0 heterocycles. The van der Waals surface area contributed by atoms with Crippen LogP contribution < -0.4 is 14.9 Å². The van der Waals surface area contributed by atoms with Crippen molar-refractivity contribution in [2.75, 3.05) is 6.61 Å². The Morgan fingerprint density at radius 3 is 2.45 bits per heavy atom. The smallest absolute Gasteiger partial charge is 0.277 e. The van der Waals surface area contributed by atoms with Gasteiger partial charge in [0, 0.05) is 5.02 Å². The quantitative estimate of drug-likeness (QED) is 0.432. The number of rotatable bonds is 8. The molecule has 0 unspecified atom stereocenters. The fourth-order valence-electron chi connectivity index (χ4n) is 2.47. The highest BCUT2D eigenvalue weighted by Crippen LogP contribution is 2.16. The first-order valence-electron chi connectivity index (χ1n) is 9.08. The third-order valence-corrected chi connectivity index (χ3v) is 4.31. The number of aryl methyl sites for hydroxylation is 1. The van der Waals surface area contributed by atoms with Gasteiger partial charge < -0.3 is 9.47 Å². The number of amides is 1. The fourth-order valence-corrected chi connectivity index (χ4v) is 2.60. The van der Waals surface area contributed by atoms with E-state index in [4.69, 9.17) is 21.1 Å². The van der Waals surface area contributed by atoms with Crippen LogP contribution in [0.1, 0.15) is 16.7 Å². The zero-order valence-electron chi connectivity index (χ0n) is 16.0. The van der Waals surface area contributed by atoms with E-state index in [1.807, 2.05) is 79.7 Å². The molecule has 0 aliphatic heterocycles. The average Bonchev–Trinajstić information content (AvgIpc) is 2.74. The van der Waals surface area contributed by atoms with Gasteiger partial charge in [-0.15, -0.1) is 0 Å². The van der Waals surface area contributed by atoms with Gasteiger partial charge in [-0.05, 0) is 66.1 Å². The first kappa shape index (κ1) is 20.4. The Bertz CT molecular complexity index is 970. The molecule has 0 atom stereocenters. The second-order valence-electron chi connectivity index (χ2n) is 6.33. The van der Waals surface area contributed by atoms with E-state index in [-0.39, 0.29) is 12.5 Å². The maximum absolute atomic E-state index is 11.8. The zero-order chi connectivity index (χ0) is 20.5. The van der Waals surface area contributed by atoms with Crippen molar-refractivity contribution in [1.29, 1.82) is 0 Å². The molecule has 0 bridgehead atoms. The van der Waals surface area contributed by atoms with Gasteiger partial charge in [0.25, 0.3) is 5.91 Å². The number of carbonyl (C=O) groups excluding carboxylic acids is 1. The molecule has 3 aromatic carbocycles. The Morgan fingerprint density at radius 1 is 1.00 bits per heavy atom. The molecule has 1 N–H and O–H groups in total. The van der Waals surface area contributed by atoms with Crippen LogP contribution in [0.15, 0.2) is 77.9 Å². The Balaban J connectivity index is 1.42. The molecule has 0 saturated heterocycles. The predicted octanol–water partition coefficient (Wildman–Crippen LogP) is 4.76. The van der Waals surface area contributed by atoms with Gasteiger partial charge in [0.05, 0.1) is 6.21 Å². The lowest BCUT2D eigenvalue weighted by Crippen LogP contribution is -2.24. The van der Waals surface area contributed by atoms with Crippen LogP contribution in [0.25, 0.3) is 0 Å². The Labute approximate surface area is 174 Å². The van der Waals surface area contributed by atoms with E-state index in [1.165, 1.54) is 0 Å². The first-order valence-corrected chi connectivity index (χ1v) is 9.45. The standard InChI is InChI=1S/C23H21ClN2O3/c1-17-4-2-3-5-22(17)29-16-23(27)26-25-14-18-8-12-21(13-9-18)28-15-19-6-10-20(24)11-7-19/h2-14H,15-16H2,1H3,(H,26,27). The van der Waals surface area contributed by atoms with Gasteiger partial charge in [-0.25, -0.2) is 5.43 Å². The van der Waals surface area contributed by atoms with E-state index in [2.05, 4.69) is 10.5 Å². The molecular weight excluding hydrogens is 388 g/mol. The molecule has 0 spiro atoms. The molecule has 1 amide bonds. The summed E-state index contributed by atoms with van der Waals surface area (Å²) in [5.74, 6) is 1.10. The van der Waals surface area contributed by atoms with Crippen LogP contribution in [0, 0.1) is 6.92 Å². The summed E-state index contributed by atoms with van der Waals surface area (Å²) >= 11 is 5.87. The SMILES string of the molecule is Cc1ccccc1OCC(=O)NN=Cc1ccc(OCc2ccc(Cl)cc2)cc1. The molecule has 0 fully saturated rings.